The number of nitrogens with one attached hydrogen (secondary N) is 3. The summed E-state index contributed by atoms with van der Waals surface area (Å²) in [5.74, 6) is 0.614. The molecule has 0 atom stereocenters. The molecule has 5 heteroatoms. The lowest BCUT2D eigenvalue weighted by Gasteiger charge is -2.22. The molecule has 1 aliphatic heterocycles. The number of amides is 2. The van der Waals surface area contributed by atoms with Gasteiger partial charge in [0.1, 0.15) is 0 Å². The average molecular weight is 380 g/mol. The molecule has 5 nitrogen and oxygen atoms in total. The first-order valence-corrected chi connectivity index (χ1v) is 10.0. The second-order valence-corrected chi connectivity index (χ2v) is 7.53. The number of hydrogen-bond acceptors (Lipinski definition) is 3. The van der Waals surface area contributed by atoms with E-state index in [2.05, 4.69) is 16.0 Å². The Morgan fingerprint density at radius 3 is 2.57 bits per heavy atom. The molecule has 0 bridgehead atoms. The predicted octanol–water partition coefficient (Wildman–Crippen LogP) is 3.64. The van der Waals surface area contributed by atoms with Crippen LogP contribution in [0.2, 0.25) is 0 Å². The molecule has 2 amide bonds. The van der Waals surface area contributed by atoms with Gasteiger partial charge in [-0.15, -0.1) is 0 Å². The van der Waals surface area contributed by atoms with Crippen LogP contribution in [0.3, 0.4) is 0 Å². The van der Waals surface area contributed by atoms with Gasteiger partial charge in [-0.3, -0.25) is 9.59 Å². The molecule has 1 aliphatic rings. The summed E-state index contributed by atoms with van der Waals surface area (Å²) >= 11 is 0. The molecule has 0 radical (unpaired) electrons. The SMILES string of the molecule is Cc1ccc(C(=O)Nc2cccc(CNC(=O)CCC3CCNCC3)c2)cc1. The van der Waals surface area contributed by atoms with Gasteiger partial charge >= 0.3 is 0 Å². The van der Waals surface area contributed by atoms with Crippen molar-refractivity contribution in [3.8, 4) is 0 Å². The Bertz CT molecular complexity index is 796. The summed E-state index contributed by atoms with van der Waals surface area (Å²) in [4.78, 5) is 24.5. The summed E-state index contributed by atoms with van der Waals surface area (Å²) in [6.07, 6.45) is 3.86. The van der Waals surface area contributed by atoms with Gasteiger partial charge in [0.05, 0.1) is 0 Å². The van der Waals surface area contributed by atoms with Crippen LogP contribution in [0.1, 0.15) is 47.2 Å². The van der Waals surface area contributed by atoms with Gasteiger partial charge in [0, 0.05) is 24.2 Å². The molecule has 148 valence electrons. The van der Waals surface area contributed by atoms with Gasteiger partial charge in [-0.1, -0.05) is 29.8 Å². The van der Waals surface area contributed by atoms with Crippen molar-refractivity contribution in [3.05, 3.63) is 65.2 Å². The lowest BCUT2D eigenvalue weighted by Crippen LogP contribution is -2.29. The average Bonchev–Trinajstić information content (AvgIpc) is 2.72. The molecule has 28 heavy (non-hydrogen) atoms. The van der Waals surface area contributed by atoms with Crippen LogP contribution in [-0.4, -0.2) is 24.9 Å². The molecule has 2 aromatic carbocycles. The zero-order valence-corrected chi connectivity index (χ0v) is 16.5. The smallest absolute Gasteiger partial charge is 0.255 e. The van der Waals surface area contributed by atoms with E-state index >= 15 is 0 Å². The van der Waals surface area contributed by atoms with E-state index in [4.69, 9.17) is 0 Å². The van der Waals surface area contributed by atoms with Crippen molar-refractivity contribution in [1.82, 2.24) is 10.6 Å². The maximum atomic E-state index is 12.4. The summed E-state index contributed by atoms with van der Waals surface area (Å²) in [5.41, 5.74) is 3.45. The van der Waals surface area contributed by atoms with Crippen molar-refractivity contribution in [1.29, 1.82) is 0 Å². The molecule has 1 saturated heterocycles. The quantitative estimate of drug-likeness (QED) is 0.688. The van der Waals surface area contributed by atoms with Crippen LogP contribution >= 0.6 is 0 Å². The topological polar surface area (TPSA) is 70.2 Å². The van der Waals surface area contributed by atoms with Gasteiger partial charge in [-0.25, -0.2) is 0 Å². The zero-order chi connectivity index (χ0) is 19.8. The molecular weight excluding hydrogens is 350 g/mol. The van der Waals surface area contributed by atoms with Crippen LogP contribution in [0.25, 0.3) is 0 Å². The van der Waals surface area contributed by atoms with E-state index in [1.165, 1.54) is 0 Å². The number of carbonyl (C=O) groups is 2. The molecule has 0 saturated carbocycles. The van der Waals surface area contributed by atoms with E-state index in [-0.39, 0.29) is 11.8 Å². The first-order chi connectivity index (χ1) is 13.6. The summed E-state index contributed by atoms with van der Waals surface area (Å²) in [6, 6.07) is 15.1. The van der Waals surface area contributed by atoms with Crippen molar-refractivity contribution in [2.24, 2.45) is 5.92 Å². The van der Waals surface area contributed by atoms with Crippen molar-refractivity contribution >= 4 is 17.5 Å². The van der Waals surface area contributed by atoms with Crippen LogP contribution in [0.15, 0.2) is 48.5 Å². The molecule has 1 heterocycles. The Kier molecular flexibility index (Phi) is 7.20. The number of piperidine rings is 1. The number of aryl methyl sites for hydroxylation is 1. The third kappa shape index (κ3) is 6.20. The van der Waals surface area contributed by atoms with Crippen molar-refractivity contribution in [2.45, 2.75) is 39.2 Å². The summed E-state index contributed by atoms with van der Waals surface area (Å²) in [6.45, 7) is 4.59. The van der Waals surface area contributed by atoms with Crippen LogP contribution in [-0.2, 0) is 11.3 Å². The second-order valence-electron chi connectivity index (χ2n) is 7.53. The fraction of sp³-hybridized carbons (Fsp3) is 0.391. The van der Waals surface area contributed by atoms with E-state index in [0.717, 1.165) is 49.2 Å². The standard InChI is InChI=1S/C23H29N3O2/c1-17-5-8-20(9-6-17)23(28)26-21-4-2-3-19(15-21)16-25-22(27)10-7-18-11-13-24-14-12-18/h2-6,8-9,15,18,24H,7,10-14,16H2,1H3,(H,25,27)(H,26,28). The Balaban J connectivity index is 1.46. The van der Waals surface area contributed by atoms with Crippen LogP contribution in [0, 0.1) is 12.8 Å². The molecule has 0 spiro atoms. The predicted molar refractivity (Wildman–Crippen MR) is 112 cm³/mol. The van der Waals surface area contributed by atoms with Crippen LogP contribution in [0.5, 0.6) is 0 Å². The van der Waals surface area contributed by atoms with Gasteiger partial charge < -0.3 is 16.0 Å². The monoisotopic (exact) mass is 379 g/mol. The maximum absolute atomic E-state index is 12.4. The molecule has 0 aromatic heterocycles. The molecule has 3 N–H and O–H groups in total. The largest absolute Gasteiger partial charge is 0.352 e. The van der Waals surface area contributed by atoms with Gasteiger partial charge in [0.25, 0.3) is 5.91 Å². The maximum Gasteiger partial charge on any atom is 0.255 e. The number of carbonyl (C=O) groups excluding carboxylic acids is 2. The van der Waals surface area contributed by atoms with Gasteiger partial charge in [0.15, 0.2) is 0 Å². The third-order valence-electron chi connectivity index (χ3n) is 5.23. The number of anilines is 1. The minimum atomic E-state index is -0.136. The first kappa shape index (κ1) is 20.1. The normalized spacial score (nSPS) is 14.5. The van der Waals surface area contributed by atoms with E-state index in [1.807, 2.05) is 55.5 Å². The Labute approximate surface area is 166 Å². The molecular formula is C23H29N3O2. The highest BCUT2D eigenvalue weighted by molar-refractivity contribution is 6.04. The minimum absolute atomic E-state index is 0.0904. The second kappa shape index (κ2) is 10.0. The highest BCUT2D eigenvalue weighted by Gasteiger charge is 2.14. The highest BCUT2D eigenvalue weighted by Crippen LogP contribution is 2.18. The van der Waals surface area contributed by atoms with Crippen molar-refractivity contribution < 1.29 is 9.59 Å². The lowest BCUT2D eigenvalue weighted by atomic mass is 9.93. The Morgan fingerprint density at radius 2 is 1.82 bits per heavy atom. The molecule has 0 aliphatic carbocycles. The number of benzene rings is 2. The van der Waals surface area contributed by atoms with Crippen LogP contribution < -0.4 is 16.0 Å². The summed E-state index contributed by atoms with van der Waals surface area (Å²) < 4.78 is 0. The van der Waals surface area contributed by atoms with Gasteiger partial charge in [-0.05, 0) is 75.0 Å². The van der Waals surface area contributed by atoms with E-state index < -0.39 is 0 Å². The molecule has 3 rings (SSSR count). The third-order valence-corrected chi connectivity index (χ3v) is 5.23. The highest BCUT2D eigenvalue weighted by atomic mass is 16.2. The molecule has 0 unspecified atom stereocenters. The Hall–Kier alpha value is -2.66. The first-order valence-electron chi connectivity index (χ1n) is 10.0. The zero-order valence-electron chi connectivity index (χ0n) is 16.5. The summed E-state index contributed by atoms with van der Waals surface area (Å²) in [7, 11) is 0. The molecule has 1 fully saturated rings. The number of rotatable bonds is 7. The minimum Gasteiger partial charge on any atom is -0.352 e. The van der Waals surface area contributed by atoms with Gasteiger partial charge in [-0.2, -0.15) is 0 Å². The fourth-order valence-corrected chi connectivity index (χ4v) is 3.46. The fourth-order valence-electron chi connectivity index (χ4n) is 3.46. The van der Waals surface area contributed by atoms with Crippen LogP contribution in [0.4, 0.5) is 5.69 Å². The van der Waals surface area contributed by atoms with Crippen molar-refractivity contribution in [3.63, 3.8) is 0 Å². The Morgan fingerprint density at radius 1 is 1.07 bits per heavy atom. The van der Waals surface area contributed by atoms with E-state index in [9.17, 15) is 9.59 Å². The van der Waals surface area contributed by atoms with Gasteiger partial charge in [0.2, 0.25) is 5.91 Å². The van der Waals surface area contributed by atoms with E-state index in [0.29, 0.717) is 24.4 Å². The number of hydrogen-bond donors (Lipinski definition) is 3. The lowest BCUT2D eigenvalue weighted by molar-refractivity contribution is -0.121. The van der Waals surface area contributed by atoms with E-state index in [1.54, 1.807) is 0 Å². The molecule has 2 aromatic rings. The van der Waals surface area contributed by atoms with Crippen molar-refractivity contribution in [2.75, 3.05) is 18.4 Å². The summed E-state index contributed by atoms with van der Waals surface area (Å²) in [5, 5.41) is 9.26.